The van der Waals surface area contributed by atoms with E-state index in [0.717, 1.165) is 29.7 Å². The van der Waals surface area contributed by atoms with Crippen LogP contribution in [0.4, 0.5) is 0 Å². The first-order valence-electron chi connectivity index (χ1n) is 6.45. The lowest BCUT2D eigenvalue weighted by Gasteiger charge is -2.11. The van der Waals surface area contributed by atoms with Gasteiger partial charge < -0.3 is 9.84 Å². The molecule has 1 fully saturated rings. The van der Waals surface area contributed by atoms with Gasteiger partial charge in [0.1, 0.15) is 11.9 Å². The van der Waals surface area contributed by atoms with Crippen LogP contribution in [0.2, 0.25) is 0 Å². The first kappa shape index (κ1) is 12.1. The average Bonchev–Trinajstić information content (AvgIpc) is 3.24. The van der Waals surface area contributed by atoms with Crippen LogP contribution in [0, 0.1) is 6.92 Å². The molecule has 0 radical (unpaired) electrons. The summed E-state index contributed by atoms with van der Waals surface area (Å²) < 4.78 is 5.67. The van der Waals surface area contributed by atoms with Gasteiger partial charge in [0, 0.05) is 12.4 Å². The summed E-state index contributed by atoms with van der Waals surface area (Å²) in [5, 5.41) is 10.2. The first-order valence-corrected chi connectivity index (χ1v) is 6.45. The monoisotopic (exact) mass is 256 g/mol. The summed E-state index contributed by atoms with van der Waals surface area (Å²) in [5.41, 5.74) is 1.75. The predicted molar refractivity (Wildman–Crippen MR) is 70.9 cm³/mol. The second-order valence-corrected chi connectivity index (χ2v) is 4.91. The van der Waals surface area contributed by atoms with Crippen molar-refractivity contribution in [1.29, 1.82) is 0 Å². The van der Waals surface area contributed by atoms with Gasteiger partial charge in [-0.25, -0.2) is 9.97 Å². The number of nitrogens with zero attached hydrogens (tertiary/aromatic N) is 2. The van der Waals surface area contributed by atoms with Crippen LogP contribution in [0.5, 0.6) is 5.75 Å². The zero-order valence-electron chi connectivity index (χ0n) is 10.8. The molecule has 3 rings (SSSR count). The highest BCUT2D eigenvalue weighted by Crippen LogP contribution is 2.28. The van der Waals surface area contributed by atoms with Gasteiger partial charge in [-0.3, -0.25) is 0 Å². The molecule has 1 saturated carbocycles. The summed E-state index contributed by atoms with van der Waals surface area (Å²) >= 11 is 0. The van der Waals surface area contributed by atoms with E-state index in [2.05, 4.69) is 9.97 Å². The smallest absolute Gasteiger partial charge is 0.161 e. The molecule has 0 spiro atoms. The minimum absolute atomic E-state index is 0.385. The normalized spacial score (nSPS) is 16.1. The van der Waals surface area contributed by atoms with Crippen molar-refractivity contribution in [3.8, 4) is 5.75 Å². The molecule has 1 N–H and O–H groups in total. The molecule has 1 unspecified atom stereocenters. The zero-order chi connectivity index (χ0) is 13.2. The molecular formula is C15H16N2O2. The molecule has 0 amide bonds. The third-order valence-corrected chi connectivity index (χ3v) is 3.07. The fourth-order valence-corrected chi connectivity index (χ4v) is 1.80. The van der Waals surface area contributed by atoms with Crippen LogP contribution in [0.1, 0.15) is 35.9 Å². The Hall–Kier alpha value is -1.94. The molecule has 2 aromatic rings. The van der Waals surface area contributed by atoms with Crippen molar-refractivity contribution >= 4 is 0 Å². The van der Waals surface area contributed by atoms with Gasteiger partial charge in [-0.15, -0.1) is 0 Å². The standard InChI is InChI=1S/C15H16N2O2/c1-10-8-16-15(17-9-10)14(18)11-2-4-12(5-3-11)19-13-6-7-13/h2-5,8-9,13-14,18H,6-7H2,1H3. The van der Waals surface area contributed by atoms with Crippen LogP contribution in [-0.2, 0) is 0 Å². The summed E-state index contributed by atoms with van der Waals surface area (Å²) in [4.78, 5) is 8.29. The van der Waals surface area contributed by atoms with Crippen molar-refractivity contribution in [1.82, 2.24) is 9.97 Å². The molecule has 98 valence electrons. The minimum Gasteiger partial charge on any atom is -0.490 e. The number of ether oxygens (including phenoxy) is 1. The number of rotatable bonds is 4. The number of aryl methyl sites for hydroxylation is 1. The Kier molecular flexibility index (Phi) is 3.17. The van der Waals surface area contributed by atoms with Gasteiger partial charge in [0.2, 0.25) is 0 Å². The van der Waals surface area contributed by atoms with Gasteiger partial charge in [-0.1, -0.05) is 12.1 Å². The minimum atomic E-state index is -0.796. The molecule has 0 saturated heterocycles. The number of aliphatic hydroxyl groups is 1. The highest BCUT2D eigenvalue weighted by molar-refractivity contribution is 5.31. The van der Waals surface area contributed by atoms with Crippen molar-refractivity contribution in [3.05, 3.63) is 53.6 Å². The molecule has 4 heteroatoms. The number of hydrogen-bond donors (Lipinski definition) is 1. The molecule has 4 nitrogen and oxygen atoms in total. The van der Waals surface area contributed by atoms with E-state index in [1.165, 1.54) is 0 Å². The highest BCUT2D eigenvalue weighted by Gasteiger charge is 2.23. The lowest BCUT2D eigenvalue weighted by atomic mass is 10.1. The Morgan fingerprint density at radius 3 is 2.37 bits per heavy atom. The lowest BCUT2D eigenvalue weighted by molar-refractivity contribution is 0.209. The van der Waals surface area contributed by atoms with Gasteiger partial charge in [0.05, 0.1) is 6.10 Å². The molecule has 1 aromatic heterocycles. The topological polar surface area (TPSA) is 55.2 Å². The van der Waals surface area contributed by atoms with Gasteiger partial charge in [-0.2, -0.15) is 0 Å². The second kappa shape index (κ2) is 4.97. The largest absolute Gasteiger partial charge is 0.490 e. The van der Waals surface area contributed by atoms with Gasteiger partial charge in [0.25, 0.3) is 0 Å². The molecular weight excluding hydrogens is 240 g/mol. The number of aliphatic hydroxyl groups excluding tert-OH is 1. The maximum absolute atomic E-state index is 10.2. The average molecular weight is 256 g/mol. The molecule has 0 aliphatic heterocycles. The SMILES string of the molecule is Cc1cnc(C(O)c2ccc(OC3CC3)cc2)nc1. The molecule has 19 heavy (non-hydrogen) atoms. The predicted octanol–water partition coefficient (Wildman–Crippen LogP) is 2.41. The second-order valence-electron chi connectivity index (χ2n) is 4.91. The summed E-state index contributed by atoms with van der Waals surface area (Å²) in [6, 6.07) is 7.47. The fourth-order valence-electron chi connectivity index (χ4n) is 1.80. The summed E-state index contributed by atoms with van der Waals surface area (Å²) in [6.45, 7) is 1.92. The molecule has 1 aliphatic rings. The van der Waals surface area contributed by atoms with E-state index in [4.69, 9.17) is 4.74 Å². The van der Waals surface area contributed by atoms with Crippen LogP contribution in [-0.4, -0.2) is 21.2 Å². The molecule has 0 bridgehead atoms. The van der Waals surface area contributed by atoms with Crippen LogP contribution in [0.15, 0.2) is 36.7 Å². The van der Waals surface area contributed by atoms with Crippen LogP contribution >= 0.6 is 0 Å². The van der Waals surface area contributed by atoms with Gasteiger partial charge >= 0.3 is 0 Å². The number of hydrogen-bond acceptors (Lipinski definition) is 4. The van der Waals surface area contributed by atoms with E-state index < -0.39 is 6.10 Å². The third kappa shape index (κ3) is 2.90. The van der Waals surface area contributed by atoms with Crippen LogP contribution in [0.3, 0.4) is 0 Å². The van der Waals surface area contributed by atoms with Crippen molar-refractivity contribution in [2.75, 3.05) is 0 Å². The van der Waals surface area contributed by atoms with Crippen molar-refractivity contribution < 1.29 is 9.84 Å². The van der Waals surface area contributed by atoms with Crippen molar-refractivity contribution in [2.24, 2.45) is 0 Å². The zero-order valence-corrected chi connectivity index (χ0v) is 10.8. The Morgan fingerprint density at radius 1 is 1.16 bits per heavy atom. The number of aromatic nitrogens is 2. The van der Waals surface area contributed by atoms with E-state index >= 15 is 0 Å². The van der Waals surface area contributed by atoms with Crippen LogP contribution < -0.4 is 4.74 Å². The Morgan fingerprint density at radius 2 is 1.79 bits per heavy atom. The van der Waals surface area contributed by atoms with E-state index in [-0.39, 0.29) is 0 Å². The van der Waals surface area contributed by atoms with Crippen molar-refractivity contribution in [2.45, 2.75) is 32.0 Å². The third-order valence-electron chi connectivity index (χ3n) is 3.07. The van der Waals surface area contributed by atoms with E-state index in [9.17, 15) is 5.11 Å². The van der Waals surface area contributed by atoms with E-state index in [1.807, 2.05) is 31.2 Å². The lowest BCUT2D eigenvalue weighted by Crippen LogP contribution is -2.05. The molecule has 1 heterocycles. The quantitative estimate of drug-likeness (QED) is 0.912. The van der Waals surface area contributed by atoms with E-state index in [0.29, 0.717) is 11.9 Å². The molecule has 1 aromatic carbocycles. The maximum Gasteiger partial charge on any atom is 0.161 e. The van der Waals surface area contributed by atoms with Gasteiger partial charge in [0.15, 0.2) is 5.82 Å². The molecule has 1 aliphatic carbocycles. The number of benzene rings is 1. The summed E-state index contributed by atoms with van der Waals surface area (Å²) in [6.07, 6.45) is 5.28. The fraction of sp³-hybridized carbons (Fsp3) is 0.333. The molecule has 1 atom stereocenters. The van der Waals surface area contributed by atoms with Crippen molar-refractivity contribution in [3.63, 3.8) is 0 Å². The maximum atomic E-state index is 10.2. The van der Waals surface area contributed by atoms with Gasteiger partial charge in [-0.05, 0) is 43.0 Å². The first-order chi connectivity index (χ1) is 9.22. The Bertz CT molecular complexity index is 547. The highest BCUT2D eigenvalue weighted by atomic mass is 16.5. The Labute approximate surface area is 112 Å². The van der Waals surface area contributed by atoms with Crippen LogP contribution in [0.25, 0.3) is 0 Å². The summed E-state index contributed by atoms with van der Waals surface area (Å²) in [5.74, 6) is 1.27. The van der Waals surface area contributed by atoms with E-state index in [1.54, 1.807) is 12.4 Å². The Balaban J connectivity index is 1.75. The summed E-state index contributed by atoms with van der Waals surface area (Å²) in [7, 11) is 0.